The molecule has 3 aromatic rings. The van der Waals surface area contributed by atoms with Gasteiger partial charge in [-0.3, -0.25) is 9.59 Å². The van der Waals surface area contributed by atoms with Crippen LogP contribution in [0.2, 0.25) is 0 Å². The maximum atomic E-state index is 13.3. The normalized spacial score (nSPS) is 14.2. The summed E-state index contributed by atoms with van der Waals surface area (Å²) in [6.45, 7) is 3.02. The largest absolute Gasteiger partial charge is 0.481 e. The predicted octanol–water partition coefficient (Wildman–Crippen LogP) is 3.35. The van der Waals surface area contributed by atoms with Crippen molar-refractivity contribution in [2.75, 3.05) is 28.6 Å². The molecule has 172 valence electrons. The van der Waals surface area contributed by atoms with Crippen LogP contribution in [0.3, 0.4) is 0 Å². The lowest BCUT2D eigenvalue weighted by atomic mass is 9.97. The SMILES string of the molecule is Cc1cc(NC(=O)c2nnc(Nc3ccc(F)c(F)c3)o2)cnc1N1CCC(C(=O)O)CC1. The van der Waals surface area contributed by atoms with E-state index in [9.17, 15) is 18.4 Å². The standard InChI is InChI=1S/C21H20F2N6O4/c1-11-8-14(10-24-17(11)29-6-4-12(5-7-29)20(31)32)25-18(30)19-27-28-21(33-19)26-13-2-3-15(22)16(23)9-13/h2-3,8-10,12H,4-7H2,1H3,(H,25,30)(H,26,28)(H,31,32). The van der Waals surface area contributed by atoms with Crippen molar-refractivity contribution in [3.05, 3.63) is 53.6 Å². The van der Waals surface area contributed by atoms with Crippen LogP contribution in [0.1, 0.15) is 29.1 Å². The zero-order chi connectivity index (χ0) is 23.5. The molecular formula is C21H20F2N6O4. The predicted molar refractivity (Wildman–Crippen MR) is 113 cm³/mol. The molecule has 1 aromatic carbocycles. The Labute approximate surface area is 186 Å². The Kier molecular flexibility index (Phi) is 6.16. The van der Waals surface area contributed by atoms with Crippen molar-refractivity contribution in [1.82, 2.24) is 15.2 Å². The number of anilines is 4. The average molecular weight is 458 g/mol. The van der Waals surface area contributed by atoms with E-state index in [1.807, 2.05) is 11.8 Å². The van der Waals surface area contributed by atoms with Gasteiger partial charge in [0, 0.05) is 24.8 Å². The molecule has 0 unspecified atom stereocenters. The molecule has 3 N–H and O–H groups in total. The number of aromatic nitrogens is 3. The van der Waals surface area contributed by atoms with Crippen LogP contribution < -0.4 is 15.5 Å². The number of carboxylic acid groups (broad SMARTS) is 1. The highest BCUT2D eigenvalue weighted by atomic mass is 19.2. The third kappa shape index (κ3) is 5.05. The number of nitrogens with zero attached hydrogens (tertiary/aromatic N) is 4. The Balaban J connectivity index is 1.38. The number of halogens is 2. The molecule has 1 aliphatic heterocycles. The topological polar surface area (TPSA) is 133 Å². The Morgan fingerprint density at radius 1 is 1.12 bits per heavy atom. The number of hydrogen-bond donors (Lipinski definition) is 3. The molecule has 0 bridgehead atoms. The molecule has 0 aliphatic carbocycles. The first-order valence-corrected chi connectivity index (χ1v) is 10.1. The lowest BCUT2D eigenvalue weighted by Gasteiger charge is -2.32. The highest BCUT2D eigenvalue weighted by Gasteiger charge is 2.26. The van der Waals surface area contributed by atoms with Crippen LogP contribution in [0.4, 0.5) is 32.0 Å². The van der Waals surface area contributed by atoms with Crippen molar-refractivity contribution in [1.29, 1.82) is 0 Å². The van der Waals surface area contributed by atoms with E-state index in [2.05, 4.69) is 25.8 Å². The molecule has 1 saturated heterocycles. The molecule has 1 aliphatic rings. The smallest absolute Gasteiger partial charge is 0.320 e. The molecule has 33 heavy (non-hydrogen) atoms. The number of amides is 1. The van der Waals surface area contributed by atoms with Gasteiger partial charge in [0.05, 0.1) is 17.8 Å². The molecule has 0 spiro atoms. The van der Waals surface area contributed by atoms with Gasteiger partial charge in [-0.2, -0.15) is 0 Å². The van der Waals surface area contributed by atoms with E-state index in [1.54, 1.807) is 6.07 Å². The third-order valence-electron chi connectivity index (χ3n) is 5.24. The van der Waals surface area contributed by atoms with Gasteiger partial charge < -0.3 is 25.1 Å². The van der Waals surface area contributed by atoms with Crippen molar-refractivity contribution in [2.45, 2.75) is 19.8 Å². The summed E-state index contributed by atoms with van der Waals surface area (Å²) in [5.74, 6) is -3.43. The van der Waals surface area contributed by atoms with Crippen molar-refractivity contribution in [3.8, 4) is 0 Å². The van der Waals surface area contributed by atoms with Crippen LogP contribution in [-0.4, -0.2) is 45.3 Å². The number of pyridine rings is 1. The van der Waals surface area contributed by atoms with E-state index < -0.39 is 23.5 Å². The monoisotopic (exact) mass is 458 g/mol. The quantitative estimate of drug-likeness (QED) is 0.508. The maximum absolute atomic E-state index is 13.3. The molecule has 4 rings (SSSR count). The number of rotatable bonds is 6. The molecule has 1 fully saturated rings. The zero-order valence-corrected chi connectivity index (χ0v) is 17.5. The van der Waals surface area contributed by atoms with Crippen LogP contribution >= 0.6 is 0 Å². The van der Waals surface area contributed by atoms with Gasteiger partial charge in [0.2, 0.25) is 0 Å². The van der Waals surface area contributed by atoms with E-state index in [1.165, 1.54) is 12.3 Å². The summed E-state index contributed by atoms with van der Waals surface area (Å²) in [6, 6.07) is 4.71. The van der Waals surface area contributed by atoms with Gasteiger partial charge in [0.1, 0.15) is 5.82 Å². The van der Waals surface area contributed by atoms with E-state index in [0.29, 0.717) is 31.6 Å². The lowest BCUT2D eigenvalue weighted by molar-refractivity contribution is -0.142. The lowest BCUT2D eigenvalue weighted by Crippen LogP contribution is -2.37. The van der Waals surface area contributed by atoms with Gasteiger partial charge >= 0.3 is 23.8 Å². The number of carbonyl (C=O) groups is 2. The molecule has 0 saturated carbocycles. The number of hydrogen-bond acceptors (Lipinski definition) is 8. The van der Waals surface area contributed by atoms with Gasteiger partial charge in [-0.05, 0) is 43.5 Å². The van der Waals surface area contributed by atoms with E-state index >= 15 is 0 Å². The Morgan fingerprint density at radius 2 is 1.88 bits per heavy atom. The molecular weight excluding hydrogens is 438 g/mol. The van der Waals surface area contributed by atoms with Crippen molar-refractivity contribution in [3.63, 3.8) is 0 Å². The first kappa shape index (κ1) is 22.1. The average Bonchev–Trinajstić information content (AvgIpc) is 3.25. The van der Waals surface area contributed by atoms with Crippen molar-refractivity contribution in [2.24, 2.45) is 5.92 Å². The zero-order valence-electron chi connectivity index (χ0n) is 17.5. The van der Waals surface area contributed by atoms with Crippen LogP contribution in [0.15, 0.2) is 34.9 Å². The number of aliphatic carboxylic acids is 1. The van der Waals surface area contributed by atoms with Crippen molar-refractivity contribution >= 4 is 35.1 Å². The second-order valence-electron chi connectivity index (χ2n) is 7.58. The minimum atomic E-state index is -1.05. The van der Waals surface area contributed by atoms with Crippen LogP contribution in [0.25, 0.3) is 0 Å². The Hall–Kier alpha value is -4.09. The summed E-state index contributed by atoms with van der Waals surface area (Å²) in [5, 5.41) is 21.7. The fourth-order valence-corrected chi connectivity index (χ4v) is 3.55. The third-order valence-corrected chi connectivity index (χ3v) is 5.24. The minimum Gasteiger partial charge on any atom is -0.481 e. The molecule has 1 amide bonds. The summed E-state index contributed by atoms with van der Waals surface area (Å²) in [4.78, 5) is 30.0. The van der Waals surface area contributed by atoms with Gasteiger partial charge in [-0.1, -0.05) is 5.10 Å². The van der Waals surface area contributed by atoms with Gasteiger partial charge in [0.15, 0.2) is 11.6 Å². The van der Waals surface area contributed by atoms with Crippen LogP contribution in [-0.2, 0) is 4.79 Å². The second-order valence-corrected chi connectivity index (χ2v) is 7.58. The summed E-state index contributed by atoms with van der Waals surface area (Å²) < 4.78 is 31.6. The maximum Gasteiger partial charge on any atom is 0.320 e. The summed E-state index contributed by atoms with van der Waals surface area (Å²) in [6.07, 6.45) is 2.58. The number of aryl methyl sites for hydroxylation is 1. The number of nitrogens with one attached hydrogen (secondary N) is 2. The van der Waals surface area contributed by atoms with Crippen molar-refractivity contribution < 1.29 is 27.9 Å². The fraction of sp³-hybridized carbons (Fsp3) is 0.286. The van der Waals surface area contributed by atoms with Crippen LogP contribution in [0, 0.1) is 24.5 Å². The molecule has 0 atom stereocenters. The molecule has 2 aromatic heterocycles. The number of carboxylic acids is 1. The molecule has 3 heterocycles. The Morgan fingerprint density at radius 3 is 2.55 bits per heavy atom. The van der Waals surface area contributed by atoms with Crippen LogP contribution in [0.5, 0.6) is 0 Å². The summed E-state index contributed by atoms with van der Waals surface area (Å²) in [7, 11) is 0. The summed E-state index contributed by atoms with van der Waals surface area (Å²) >= 11 is 0. The summed E-state index contributed by atoms with van der Waals surface area (Å²) in [5.41, 5.74) is 1.40. The number of benzene rings is 1. The first-order valence-electron chi connectivity index (χ1n) is 10.1. The van der Waals surface area contributed by atoms with E-state index in [-0.39, 0.29) is 23.5 Å². The Bertz CT molecular complexity index is 1190. The van der Waals surface area contributed by atoms with Gasteiger partial charge in [0.25, 0.3) is 0 Å². The number of carbonyl (C=O) groups excluding carboxylic acids is 1. The van der Waals surface area contributed by atoms with Gasteiger partial charge in [-0.25, -0.2) is 13.8 Å². The van der Waals surface area contributed by atoms with Gasteiger partial charge in [-0.15, -0.1) is 5.10 Å². The highest BCUT2D eigenvalue weighted by molar-refractivity contribution is 6.01. The molecule has 12 heteroatoms. The second kappa shape index (κ2) is 9.18. The van der Waals surface area contributed by atoms with E-state index in [4.69, 9.17) is 9.52 Å². The fourth-order valence-electron chi connectivity index (χ4n) is 3.55. The highest BCUT2D eigenvalue weighted by Crippen LogP contribution is 2.26. The molecule has 10 nitrogen and oxygen atoms in total. The molecule has 0 radical (unpaired) electrons. The van der Waals surface area contributed by atoms with E-state index in [0.717, 1.165) is 23.5 Å². The number of piperidine rings is 1. The first-order chi connectivity index (χ1) is 15.8. The minimum absolute atomic E-state index is 0.166.